The molecule has 2 amide bonds. The highest BCUT2D eigenvalue weighted by atomic mass is 16.2. The third kappa shape index (κ3) is 4.78. The standard InChI is InChI=1S/C20H30N6O/c1-2-3-6-11-22-20(27)23-12-7-8-13-26-14-24-17-18(26)15-9-4-5-10-16(15)25-19(17)21/h4-5,9-10,14,17-18H,2-3,6-8,11-13H2,1H3,(H2,21,25)(H2,22,23,27). The summed E-state index contributed by atoms with van der Waals surface area (Å²) in [7, 11) is 0. The zero-order valence-corrected chi connectivity index (χ0v) is 16.0. The zero-order valence-electron chi connectivity index (χ0n) is 16.0. The summed E-state index contributed by atoms with van der Waals surface area (Å²) >= 11 is 0. The Kier molecular flexibility index (Phi) is 6.68. The highest BCUT2D eigenvalue weighted by Gasteiger charge is 2.38. The Morgan fingerprint density at radius 2 is 1.89 bits per heavy atom. The topological polar surface area (TPSA) is 95.1 Å². The van der Waals surface area contributed by atoms with Crippen LogP contribution in [-0.4, -0.2) is 48.8 Å². The van der Waals surface area contributed by atoms with Crippen molar-refractivity contribution in [3.63, 3.8) is 0 Å². The molecule has 27 heavy (non-hydrogen) atoms. The molecule has 7 nitrogen and oxygen atoms in total. The third-order valence-electron chi connectivity index (χ3n) is 5.03. The van der Waals surface area contributed by atoms with Crippen molar-refractivity contribution in [2.45, 2.75) is 51.1 Å². The van der Waals surface area contributed by atoms with Crippen molar-refractivity contribution in [2.75, 3.05) is 19.6 Å². The molecule has 146 valence electrons. The quantitative estimate of drug-likeness (QED) is 0.583. The van der Waals surface area contributed by atoms with E-state index in [0.29, 0.717) is 12.4 Å². The molecule has 0 fully saturated rings. The van der Waals surface area contributed by atoms with Gasteiger partial charge in [0.1, 0.15) is 11.9 Å². The summed E-state index contributed by atoms with van der Waals surface area (Å²) in [5.74, 6) is 0.582. The van der Waals surface area contributed by atoms with E-state index in [1.165, 1.54) is 5.56 Å². The van der Waals surface area contributed by atoms with E-state index in [9.17, 15) is 4.79 Å². The molecule has 2 heterocycles. The second-order valence-electron chi connectivity index (χ2n) is 7.08. The van der Waals surface area contributed by atoms with Gasteiger partial charge in [0.15, 0.2) is 0 Å². The van der Waals surface area contributed by atoms with Gasteiger partial charge in [-0.15, -0.1) is 0 Å². The maximum absolute atomic E-state index is 11.7. The molecular weight excluding hydrogens is 340 g/mol. The van der Waals surface area contributed by atoms with Crippen LogP contribution in [0.1, 0.15) is 50.6 Å². The largest absolute Gasteiger partial charge is 0.385 e. The molecule has 0 aliphatic carbocycles. The Labute approximate surface area is 161 Å². The number of nitrogens with two attached hydrogens (primary N) is 1. The fourth-order valence-electron chi connectivity index (χ4n) is 3.58. The Morgan fingerprint density at radius 3 is 2.67 bits per heavy atom. The first kappa shape index (κ1) is 19.2. The number of para-hydroxylation sites is 1. The zero-order chi connectivity index (χ0) is 19.1. The van der Waals surface area contributed by atoms with Gasteiger partial charge >= 0.3 is 6.03 Å². The van der Waals surface area contributed by atoms with Crippen molar-refractivity contribution in [2.24, 2.45) is 15.7 Å². The molecule has 1 aromatic carbocycles. The van der Waals surface area contributed by atoms with Crippen LogP contribution >= 0.6 is 0 Å². The number of rotatable bonds is 9. The van der Waals surface area contributed by atoms with Crippen LogP contribution in [0.2, 0.25) is 0 Å². The number of aliphatic imine (C=N–C) groups is 2. The van der Waals surface area contributed by atoms with Gasteiger partial charge in [0.05, 0.1) is 18.1 Å². The highest BCUT2D eigenvalue weighted by molar-refractivity contribution is 5.94. The SMILES string of the molecule is CCCCCNC(=O)NCCCCN1C=NC2C(N)=Nc3ccccc3C21. The number of nitrogens with zero attached hydrogens (tertiary/aromatic N) is 3. The molecule has 1 aromatic rings. The number of amidine groups is 1. The van der Waals surface area contributed by atoms with Crippen LogP contribution in [0.4, 0.5) is 10.5 Å². The molecule has 0 saturated carbocycles. The van der Waals surface area contributed by atoms with E-state index in [1.807, 2.05) is 24.5 Å². The minimum atomic E-state index is -0.0908. The van der Waals surface area contributed by atoms with Crippen LogP contribution in [-0.2, 0) is 0 Å². The van der Waals surface area contributed by atoms with E-state index in [-0.39, 0.29) is 18.1 Å². The molecule has 2 aliphatic rings. The van der Waals surface area contributed by atoms with Gasteiger partial charge in [-0.1, -0.05) is 38.0 Å². The lowest BCUT2D eigenvalue weighted by Gasteiger charge is -2.31. The average Bonchev–Trinajstić information content (AvgIpc) is 3.10. The van der Waals surface area contributed by atoms with Gasteiger partial charge in [0.2, 0.25) is 0 Å². The number of unbranched alkanes of at least 4 members (excludes halogenated alkanes) is 3. The first-order valence-corrected chi connectivity index (χ1v) is 9.94. The molecule has 2 unspecified atom stereocenters. The maximum atomic E-state index is 11.7. The second kappa shape index (κ2) is 9.39. The van der Waals surface area contributed by atoms with E-state index in [2.05, 4.69) is 38.5 Å². The molecule has 3 rings (SSSR count). The summed E-state index contributed by atoms with van der Waals surface area (Å²) in [4.78, 5) is 23.0. The normalized spacial score (nSPS) is 20.0. The first-order chi connectivity index (χ1) is 13.2. The number of urea groups is 1. The van der Waals surface area contributed by atoms with Crippen LogP contribution < -0.4 is 16.4 Å². The summed E-state index contributed by atoms with van der Waals surface area (Å²) < 4.78 is 0. The number of hydrogen-bond donors (Lipinski definition) is 3. The van der Waals surface area contributed by atoms with E-state index in [4.69, 9.17) is 5.73 Å². The lowest BCUT2D eigenvalue weighted by molar-refractivity contribution is 0.240. The Balaban J connectivity index is 1.40. The van der Waals surface area contributed by atoms with Gasteiger partial charge in [0, 0.05) is 25.2 Å². The molecule has 0 spiro atoms. The van der Waals surface area contributed by atoms with E-state index < -0.39 is 0 Å². The van der Waals surface area contributed by atoms with Crippen LogP contribution in [0.25, 0.3) is 0 Å². The van der Waals surface area contributed by atoms with Gasteiger partial charge in [-0.05, 0) is 25.3 Å². The molecule has 4 N–H and O–H groups in total. The predicted molar refractivity (Wildman–Crippen MR) is 110 cm³/mol. The summed E-state index contributed by atoms with van der Waals surface area (Å²) in [6, 6.07) is 8.09. The molecule has 0 bridgehead atoms. The van der Waals surface area contributed by atoms with E-state index >= 15 is 0 Å². The minimum Gasteiger partial charge on any atom is -0.385 e. The number of amides is 2. The summed E-state index contributed by atoms with van der Waals surface area (Å²) in [6.07, 6.45) is 7.15. The monoisotopic (exact) mass is 370 g/mol. The average molecular weight is 371 g/mol. The Bertz CT molecular complexity index is 701. The Hall–Kier alpha value is -2.57. The van der Waals surface area contributed by atoms with Crippen molar-refractivity contribution >= 4 is 23.9 Å². The molecule has 0 aromatic heterocycles. The lowest BCUT2D eigenvalue weighted by Crippen LogP contribution is -2.39. The number of hydrogen-bond acceptors (Lipinski definition) is 5. The highest BCUT2D eigenvalue weighted by Crippen LogP contribution is 2.39. The van der Waals surface area contributed by atoms with Crippen LogP contribution in [0.3, 0.4) is 0 Å². The van der Waals surface area contributed by atoms with Gasteiger partial charge in [-0.25, -0.2) is 9.79 Å². The lowest BCUT2D eigenvalue weighted by atomic mass is 9.94. The molecule has 2 atom stereocenters. The smallest absolute Gasteiger partial charge is 0.314 e. The summed E-state index contributed by atoms with van der Waals surface area (Å²) in [5, 5.41) is 5.82. The van der Waals surface area contributed by atoms with Crippen molar-refractivity contribution in [1.29, 1.82) is 0 Å². The van der Waals surface area contributed by atoms with Gasteiger partial charge in [-0.3, -0.25) is 4.99 Å². The molecule has 2 aliphatic heterocycles. The summed E-state index contributed by atoms with van der Waals surface area (Å²) in [5.41, 5.74) is 8.24. The number of nitrogens with one attached hydrogen (secondary N) is 2. The van der Waals surface area contributed by atoms with Crippen LogP contribution in [0.15, 0.2) is 34.3 Å². The molecule has 7 heteroatoms. The van der Waals surface area contributed by atoms with E-state index in [1.54, 1.807) is 0 Å². The second-order valence-corrected chi connectivity index (χ2v) is 7.08. The molecule has 0 saturated heterocycles. The van der Waals surface area contributed by atoms with Crippen molar-refractivity contribution in [1.82, 2.24) is 15.5 Å². The summed E-state index contributed by atoms with van der Waals surface area (Å²) in [6.45, 7) is 4.46. The fraction of sp³-hybridized carbons (Fsp3) is 0.550. The molecular formula is C20H30N6O. The predicted octanol–water partition coefficient (Wildman–Crippen LogP) is 2.71. The van der Waals surface area contributed by atoms with Crippen molar-refractivity contribution < 1.29 is 4.79 Å². The number of carbonyl (C=O) groups excluding carboxylic acids is 1. The van der Waals surface area contributed by atoms with Crippen molar-refractivity contribution in [3.05, 3.63) is 29.8 Å². The Morgan fingerprint density at radius 1 is 1.15 bits per heavy atom. The number of carbonyl (C=O) groups is 1. The van der Waals surface area contributed by atoms with Gasteiger partial charge in [-0.2, -0.15) is 0 Å². The van der Waals surface area contributed by atoms with Crippen LogP contribution in [0.5, 0.6) is 0 Å². The fourth-order valence-corrected chi connectivity index (χ4v) is 3.58. The molecule has 0 radical (unpaired) electrons. The van der Waals surface area contributed by atoms with E-state index in [0.717, 1.165) is 50.9 Å². The number of benzene rings is 1. The van der Waals surface area contributed by atoms with Crippen molar-refractivity contribution in [3.8, 4) is 0 Å². The minimum absolute atomic E-state index is 0.0703. The number of fused-ring (bicyclic) bond motifs is 3. The first-order valence-electron chi connectivity index (χ1n) is 9.94. The maximum Gasteiger partial charge on any atom is 0.314 e. The van der Waals surface area contributed by atoms with Gasteiger partial charge in [0.25, 0.3) is 0 Å². The van der Waals surface area contributed by atoms with Gasteiger partial charge < -0.3 is 21.3 Å². The third-order valence-corrected chi connectivity index (χ3v) is 5.03. The van der Waals surface area contributed by atoms with Crippen LogP contribution in [0, 0.1) is 0 Å².